The molecule has 0 radical (unpaired) electrons. The Kier molecular flexibility index (Phi) is 6.31. The summed E-state index contributed by atoms with van der Waals surface area (Å²) in [6, 6.07) is 0.632. The van der Waals surface area contributed by atoms with Crippen LogP contribution in [0.1, 0.15) is 5.69 Å². The first-order valence-electron chi connectivity index (χ1n) is 6.01. The van der Waals surface area contributed by atoms with Crippen LogP contribution in [-0.2, 0) is 10.9 Å². The van der Waals surface area contributed by atoms with Crippen molar-refractivity contribution in [3.8, 4) is 0 Å². The molecule has 0 bridgehead atoms. The zero-order valence-corrected chi connectivity index (χ0v) is 11.2. The maximum atomic E-state index is 12.5. The van der Waals surface area contributed by atoms with Crippen LogP contribution in [0, 0.1) is 10.1 Å². The van der Waals surface area contributed by atoms with Gasteiger partial charge >= 0.3 is 11.9 Å². The molecule has 118 valence electrons. The minimum absolute atomic E-state index is 0.212. The van der Waals surface area contributed by atoms with Crippen molar-refractivity contribution in [2.75, 3.05) is 38.7 Å². The number of anilines is 1. The molecule has 10 heteroatoms. The lowest BCUT2D eigenvalue weighted by Gasteiger charge is -2.10. The number of ether oxygens (including phenoxy) is 1. The lowest BCUT2D eigenvalue weighted by Crippen LogP contribution is -2.25. The Morgan fingerprint density at radius 2 is 2.10 bits per heavy atom. The highest BCUT2D eigenvalue weighted by Crippen LogP contribution is 2.32. The molecule has 0 spiro atoms. The number of nitrogens with one attached hydrogen (secondary N) is 2. The average molecular weight is 308 g/mol. The van der Waals surface area contributed by atoms with Crippen molar-refractivity contribution in [2.24, 2.45) is 0 Å². The molecule has 0 atom stereocenters. The number of aromatic nitrogens is 1. The van der Waals surface area contributed by atoms with E-state index in [1.807, 2.05) is 0 Å². The van der Waals surface area contributed by atoms with Gasteiger partial charge in [0.15, 0.2) is 0 Å². The molecule has 7 nitrogen and oxygen atoms in total. The summed E-state index contributed by atoms with van der Waals surface area (Å²) in [7, 11) is 1.54. The van der Waals surface area contributed by atoms with Gasteiger partial charge in [0.25, 0.3) is 0 Å². The van der Waals surface area contributed by atoms with E-state index in [-0.39, 0.29) is 12.2 Å². The first-order chi connectivity index (χ1) is 9.86. The molecule has 0 unspecified atom stereocenters. The van der Waals surface area contributed by atoms with E-state index in [1.165, 1.54) is 0 Å². The number of rotatable bonds is 8. The van der Waals surface area contributed by atoms with Crippen molar-refractivity contribution in [3.63, 3.8) is 0 Å². The Morgan fingerprint density at radius 3 is 2.67 bits per heavy atom. The topological polar surface area (TPSA) is 89.3 Å². The van der Waals surface area contributed by atoms with Crippen LogP contribution < -0.4 is 10.6 Å². The van der Waals surface area contributed by atoms with Gasteiger partial charge in [-0.05, 0) is 6.07 Å². The Labute approximate surface area is 118 Å². The van der Waals surface area contributed by atoms with Crippen molar-refractivity contribution < 1.29 is 22.8 Å². The fraction of sp³-hybridized carbons (Fsp3) is 0.545. The van der Waals surface area contributed by atoms with E-state index in [9.17, 15) is 23.3 Å². The van der Waals surface area contributed by atoms with Gasteiger partial charge in [0.2, 0.25) is 0 Å². The van der Waals surface area contributed by atoms with E-state index in [2.05, 4.69) is 15.6 Å². The maximum Gasteiger partial charge on any atom is 0.433 e. The number of methoxy groups -OCH3 is 1. The van der Waals surface area contributed by atoms with E-state index in [4.69, 9.17) is 4.74 Å². The van der Waals surface area contributed by atoms with Crippen LogP contribution in [-0.4, -0.2) is 43.3 Å². The van der Waals surface area contributed by atoms with Crippen LogP contribution in [0.3, 0.4) is 0 Å². The molecule has 0 aliphatic rings. The summed E-state index contributed by atoms with van der Waals surface area (Å²) in [5.41, 5.74) is -1.89. The van der Waals surface area contributed by atoms with E-state index < -0.39 is 22.5 Å². The highest BCUT2D eigenvalue weighted by atomic mass is 19.4. The van der Waals surface area contributed by atoms with Crippen molar-refractivity contribution >= 4 is 11.4 Å². The second-order valence-electron chi connectivity index (χ2n) is 4.01. The standard InChI is InChI=1S/C11H15F3N4O3/c1-21-5-4-15-2-3-16-8-6-10(11(12,13)14)17-7-9(8)18(19)20/h6-7,15H,2-5H2,1H3,(H,16,17). The van der Waals surface area contributed by atoms with Gasteiger partial charge in [-0.25, -0.2) is 4.98 Å². The monoisotopic (exact) mass is 308 g/mol. The molecule has 2 N–H and O–H groups in total. The first kappa shape index (κ1) is 17.1. The van der Waals surface area contributed by atoms with E-state index >= 15 is 0 Å². The Bertz CT molecular complexity index is 482. The highest BCUT2D eigenvalue weighted by molar-refractivity contribution is 5.61. The van der Waals surface area contributed by atoms with Gasteiger partial charge in [-0.15, -0.1) is 0 Å². The molecule has 0 saturated heterocycles. The SMILES string of the molecule is COCCNCCNc1cc(C(F)(F)F)ncc1[N+](=O)[O-]. The largest absolute Gasteiger partial charge is 0.433 e. The van der Waals surface area contributed by atoms with Crippen molar-refractivity contribution in [2.45, 2.75) is 6.18 Å². The summed E-state index contributed by atoms with van der Waals surface area (Å²) in [5, 5.41) is 16.3. The Morgan fingerprint density at radius 1 is 1.38 bits per heavy atom. The van der Waals surface area contributed by atoms with Crippen LogP contribution in [0.4, 0.5) is 24.5 Å². The minimum atomic E-state index is -4.65. The predicted octanol–water partition coefficient (Wildman–Crippen LogP) is 1.66. The predicted molar refractivity (Wildman–Crippen MR) is 69.1 cm³/mol. The molecule has 0 aliphatic carbocycles. The number of halogens is 3. The molecule has 0 fully saturated rings. The van der Waals surface area contributed by atoms with Crippen LogP contribution in [0.5, 0.6) is 0 Å². The molecular formula is C11H15F3N4O3. The summed E-state index contributed by atoms with van der Waals surface area (Å²) in [6.07, 6.45) is -4.05. The van der Waals surface area contributed by atoms with Gasteiger partial charge < -0.3 is 15.4 Å². The van der Waals surface area contributed by atoms with Crippen LogP contribution in [0.15, 0.2) is 12.3 Å². The first-order valence-corrected chi connectivity index (χ1v) is 6.01. The Balaban J connectivity index is 2.71. The number of hydrogen-bond donors (Lipinski definition) is 2. The maximum absolute atomic E-state index is 12.5. The third kappa shape index (κ3) is 5.52. The van der Waals surface area contributed by atoms with Crippen LogP contribution in [0.2, 0.25) is 0 Å². The molecule has 0 aliphatic heterocycles. The Hall–Kier alpha value is -1.94. The molecule has 21 heavy (non-hydrogen) atoms. The summed E-state index contributed by atoms with van der Waals surface area (Å²) >= 11 is 0. The van der Waals surface area contributed by atoms with Crippen molar-refractivity contribution in [1.29, 1.82) is 0 Å². The number of hydrogen-bond acceptors (Lipinski definition) is 6. The van der Waals surface area contributed by atoms with E-state index in [0.29, 0.717) is 32.0 Å². The normalized spacial score (nSPS) is 11.4. The van der Waals surface area contributed by atoms with Crippen LogP contribution in [0.25, 0.3) is 0 Å². The smallest absolute Gasteiger partial charge is 0.383 e. The molecule has 0 aromatic carbocycles. The highest BCUT2D eigenvalue weighted by Gasteiger charge is 2.34. The third-order valence-electron chi connectivity index (χ3n) is 2.47. The summed E-state index contributed by atoms with van der Waals surface area (Å²) in [6.45, 7) is 1.72. The fourth-order valence-electron chi connectivity index (χ4n) is 1.48. The minimum Gasteiger partial charge on any atom is -0.383 e. The van der Waals surface area contributed by atoms with Gasteiger partial charge in [-0.3, -0.25) is 10.1 Å². The average Bonchev–Trinajstić information content (AvgIpc) is 2.41. The van der Waals surface area contributed by atoms with Crippen molar-refractivity contribution in [1.82, 2.24) is 10.3 Å². The number of alkyl halides is 3. The lowest BCUT2D eigenvalue weighted by atomic mass is 10.2. The fourth-order valence-corrected chi connectivity index (χ4v) is 1.48. The van der Waals surface area contributed by atoms with Gasteiger partial charge in [0.1, 0.15) is 17.6 Å². The third-order valence-corrected chi connectivity index (χ3v) is 2.47. The van der Waals surface area contributed by atoms with Gasteiger partial charge in [-0.2, -0.15) is 13.2 Å². The summed E-state index contributed by atoms with van der Waals surface area (Å²) < 4.78 is 42.4. The second kappa shape index (κ2) is 7.74. The zero-order chi connectivity index (χ0) is 15.9. The molecule has 0 amide bonds. The second-order valence-corrected chi connectivity index (χ2v) is 4.01. The quantitative estimate of drug-likeness (QED) is 0.431. The van der Waals surface area contributed by atoms with E-state index in [0.717, 1.165) is 0 Å². The van der Waals surface area contributed by atoms with Crippen LogP contribution >= 0.6 is 0 Å². The molecule has 1 aromatic heterocycles. The van der Waals surface area contributed by atoms with Gasteiger partial charge in [-0.1, -0.05) is 0 Å². The molecule has 1 rings (SSSR count). The number of nitro groups is 1. The van der Waals surface area contributed by atoms with Gasteiger partial charge in [0, 0.05) is 26.7 Å². The molecular weight excluding hydrogens is 293 g/mol. The number of nitrogens with zero attached hydrogens (tertiary/aromatic N) is 2. The molecule has 0 saturated carbocycles. The van der Waals surface area contributed by atoms with E-state index in [1.54, 1.807) is 7.11 Å². The zero-order valence-electron chi connectivity index (χ0n) is 11.2. The van der Waals surface area contributed by atoms with Crippen molar-refractivity contribution in [3.05, 3.63) is 28.1 Å². The lowest BCUT2D eigenvalue weighted by molar-refractivity contribution is -0.384. The number of pyridine rings is 1. The summed E-state index contributed by atoms with van der Waals surface area (Å²) in [5.74, 6) is 0. The summed E-state index contributed by atoms with van der Waals surface area (Å²) in [4.78, 5) is 13.0. The van der Waals surface area contributed by atoms with Gasteiger partial charge in [0.05, 0.1) is 11.5 Å². The molecule has 1 aromatic rings. The molecule has 1 heterocycles.